The van der Waals surface area contributed by atoms with E-state index in [-0.39, 0.29) is 22.4 Å². The van der Waals surface area contributed by atoms with Gasteiger partial charge in [-0.25, -0.2) is 12.8 Å². The van der Waals surface area contributed by atoms with Crippen LogP contribution in [0.15, 0.2) is 47.4 Å². The van der Waals surface area contributed by atoms with Crippen LogP contribution < -0.4 is 10.0 Å². The number of benzene rings is 2. The van der Waals surface area contributed by atoms with Gasteiger partial charge in [0.05, 0.1) is 10.6 Å². The van der Waals surface area contributed by atoms with Gasteiger partial charge in [0.15, 0.2) is 0 Å². The summed E-state index contributed by atoms with van der Waals surface area (Å²) in [6.45, 7) is 5.46. The predicted molar refractivity (Wildman–Crippen MR) is 101 cm³/mol. The summed E-state index contributed by atoms with van der Waals surface area (Å²) in [6.07, 6.45) is 1.63. The van der Waals surface area contributed by atoms with Crippen molar-refractivity contribution in [2.45, 2.75) is 38.5 Å². The van der Waals surface area contributed by atoms with Crippen LogP contribution in [0.3, 0.4) is 0 Å². The lowest BCUT2D eigenvalue weighted by atomic mass is 10.1. The average molecular weight is 378 g/mol. The molecule has 0 radical (unpaired) electrons. The Morgan fingerprint density at radius 2 is 1.88 bits per heavy atom. The van der Waals surface area contributed by atoms with E-state index in [2.05, 4.69) is 10.0 Å². The van der Waals surface area contributed by atoms with Gasteiger partial charge in [-0.05, 0) is 43.2 Å². The molecular formula is C19H23FN2O3S. The van der Waals surface area contributed by atoms with Gasteiger partial charge in [0, 0.05) is 11.6 Å². The average Bonchev–Trinajstić information content (AvgIpc) is 2.58. The van der Waals surface area contributed by atoms with Crippen molar-refractivity contribution < 1.29 is 17.6 Å². The first kappa shape index (κ1) is 19.9. The van der Waals surface area contributed by atoms with E-state index in [9.17, 15) is 17.6 Å². The molecule has 140 valence electrons. The number of anilines is 2. The molecule has 5 nitrogen and oxygen atoms in total. The van der Waals surface area contributed by atoms with Gasteiger partial charge in [0.1, 0.15) is 5.82 Å². The second-order valence-corrected chi connectivity index (χ2v) is 7.90. The maximum Gasteiger partial charge on any atom is 0.262 e. The van der Waals surface area contributed by atoms with Gasteiger partial charge in [-0.15, -0.1) is 0 Å². The van der Waals surface area contributed by atoms with Gasteiger partial charge in [0.2, 0.25) is 5.91 Å². The summed E-state index contributed by atoms with van der Waals surface area (Å²) >= 11 is 0. The molecule has 7 heteroatoms. The van der Waals surface area contributed by atoms with Gasteiger partial charge < -0.3 is 5.32 Å². The number of carbonyl (C=O) groups excluding carboxylic acids is 1. The van der Waals surface area contributed by atoms with E-state index in [1.165, 1.54) is 24.3 Å². The number of hydrogen-bond donors (Lipinski definition) is 2. The SMILES string of the molecule is CCCC(C)C(=O)Nc1ccc(C)c(S(=O)(=O)Nc2ccccc2F)c1. The molecule has 1 unspecified atom stereocenters. The fraction of sp³-hybridized carbons (Fsp3) is 0.316. The summed E-state index contributed by atoms with van der Waals surface area (Å²) in [4.78, 5) is 12.1. The number of sulfonamides is 1. The number of halogens is 1. The largest absolute Gasteiger partial charge is 0.326 e. The minimum atomic E-state index is -4.00. The molecule has 0 aliphatic carbocycles. The van der Waals surface area contributed by atoms with E-state index in [1.54, 1.807) is 25.1 Å². The third-order valence-electron chi connectivity index (χ3n) is 4.03. The molecule has 1 amide bonds. The quantitative estimate of drug-likeness (QED) is 0.754. The lowest BCUT2D eigenvalue weighted by Crippen LogP contribution is -2.21. The van der Waals surface area contributed by atoms with E-state index in [1.807, 2.05) is 13.8 Å². The molecule has 0 aliphatic rings. The predicted octanol–water partition coefficient (Wildman–Crippen LogP) is 4.31. The highest BCUT2D eigenvalue weighted by Crippen LogP contribution is 2.24. The first-order valence-electron chi connectivity index (χ1n) is 8.43. The molecule has 0 heterocycles. The zero-order chi connectivity index (χ0) is 19.3. The molecule has 0 saturated heterocycles. The maximum absolute atomic E-state index is 13.8. The van der Waals surface area contributed by atoms with E-state index in [0.717, 1.165) is 12.8 Å². The molecular weight excluding hydrogens is 355 g/mol. The fourth-order valence-electron chi connectivity index (χ4n) is 2.54. The third kappa shape index (κ3) is 4.82. The number of nitrogens with one attached hydrogen (secondary N) is 2. The van der Waals surface area contributed by atoms with Crippen molar-refractivity contribution in [3.8, 4) is 0 Å². The first-order chi connectivity index (χ1) is 12.2. The van der Waals surface area contributed by atoms with E-state index in [0.29, 0.717) is 11.3 Å². The molecule has 1 atom stereocenters. The Kier molecular flexibility index (Phi) is 6.37. The van der Waals surface area contributed by atoms with Crippen molar-refractivity contribution in [2.75, 3.05) is 10.0 Å². The van der Waals surface area contributed by atoms with Crippen molar-refractivity contribution in [3.63, 3.8) is 0 Å². The molecule has 0 bridgehead atoms. The van der Waals surface area contributed by atoms with Gasteiger partial charge in [-0.1, -0.05) is 38.5 Å². The topological polar surface area (TPSA) is 75.3 Å². The molecule has 26 heavy (non-hydrogen) atoms. The maximum atomic E-state index is 13.8. The van der Waals surface area contributed by atoms with Crippen molar-refractivity contribution in [3.05, 3.63) is 53.8 Å². The van der Waals surface area contributed by atoms with Crippen LogP contribution >= 0.6 is 0 Å². The Labute approximate surface area is 153 Å². The van der Waals surface area contributed by atoms with Crippen molar-refractivity contribution >= 4 is 27.3 Å². The van der Waals surface area contributed by atoms with Crippen LogP contribution in [-0.2, 0) is 14.8 Å². The number of para-hydroxylation sites is 1. The summed E-state index contributed by atoms with van der Waals surface area (Å²) in [5.41, 5.74) is 0.754. The van der Waals surface area contributed by atoms with Crippen LogP contribution in [0.25, 0.3) is 0 Å². The first-order valence-corrected chi connectivity index (χ1v) is 9.91. The van der Waals surface area contributed by atoms with Crippen LogP contribution in [-0.4, -0.2) is 14.3 Å². The normalized spacial score (nSPS) is 12.5. The summed E-state index contributed by atoms with van der Waals surface area (Å²) in [5.74, 6) is -0.995. The zero-order valence-electron chi connectivity index (χ0n) is 15.0. The Morgan fingerprint density at radius 1 is 1.19 bits per heavy atom. The summed E-state index contributed by atoms with van der Waals surface area (Å²) in [6, 6.07) is 10.2. The molecule has 2 aromatic rings. The van der Waals surface area contributed by atoms with Crippen molar-refractivity contribution in [1.82, 2.24) is 0 Å². The molecule has 0 aliphatic heterocycles. The number of amides is 1. The molecule has 0 aromatic heterocycles. The Morgan fingerprint density at radius 3 is 2.54 bits per heavy atom. The lowest BCUT2D eigenvalue weighted by molar-refractivity contribution is -0.119. The standard InChI is InChI=1S/C19H23FN2O3S/c1-4-7-14(3)19(23)21-15-11-10-13(2)18(12-15)26(24,25)22-17-9-6-5-8-16(17)20/h5-6,8-12,14,22H,4,7H2,1-3H3,(H,21,23). The second-order valence-electron chi connectivity index (χ2n) is 6.24. The highest BCUT2D eigenvalue weighted by Gasteiger charge is 2.20. The van der Waals surface area contributed by atoms with E-state index < -0.39 is 15.8 Å². The molecule has 0 spiro atoms. The van der Waals surface area contributed by atoms with Crippen LogP contribution in [0.1, 0.15) is 32.3 Å². The molecule has 2 N–H and O–H groups in total. The van der Waals surface area contributed by atoms with Gasteiger partial charge in [0.25, 0.3) is 10.0 Å². The number of rotatable bonds is 7. The molecule has 2 aromatic carbocycles. The van der Waals surface area contributed by atoms with Gasteiger partial charge in [-0.3, -0.25) is 9.52 Å². The number of aryl methyl sites for hydroxylation is 1. The molecule has 0 fully saturated rings. The Balaban J connectivity index is 2.28. The Bertz CT molecular complexity index is 897. The summed E-state index contributed by atoms with van der Waals surface area (Å²) < 4.78 is 41.3. The molecule has 2 rings (SSSR count). The van der Waals surface area contributed by atoms with Crippen LogP contribution in [0.2, 0.25) is 0 Å². The highest BCUT2D eigenvalue weighted by molar-refractivity contribution is 7.92. The second kappa shape index (κ2) is 8.31. The zero-order valence-corrected chi connectivity index (χ0v) is 15.9. The minimum Gasteiger partial charge on any atom is -0.326 e. The number of hydrogen-bond acceptors (Lipinski definition) is 3. The highest BCUT2D eigenvalue weighted by atomic mass is 32.2. The van der Waals surface area contributed by atoms with Crippen molar-refractivity contribution in [2.24, 2.45) is 5.92 Å². The minimum absolute atomic E-state index is 0.0123. The van der Waals surface area contributed by atoms with Gasteiger partial charge >= 0.3 is 0 Å². The molecule has 0 saturated carbocycles. The summed E-state index contributed by atoms with van der Waals surface area (Å²) in [5, 5.41) is 2.74. The van der Waals surface area contributed by atoms with Crippen LogP contribution in [0.5, 0.6) is 0 Å². The summed E-state index contributed by atoms with van der Waals surface area (Å²) in [7, 11) is -4.00. The Hall–Kier alpha value is -2.41. The van der Waals surface area contributed by atoms with E-state index >= 15 is 0 Å². The fourth-order valence-corrected chi connectivity index (χ4v) is 3.88. The van der Waals surface area contributed by atoms with Crippen LogP contribution in [0.4, 0.5) is 15.8 Å². The van der Waals surface area contributed by atoms with Crippen molar-refractivity contribution in [1.29, 1.82) is 0 Å². The van der Waals surface area contributed by atoms with E-state index in [4.69, 9.17) is 0 Å². The number of carbonyl (C=O) groups is 1. The van der Waals surface area contributed by atoms with Gasteiger partial charge in [-0.2, -0.15) is 0 Å². The monoisotopic (exact) mass is 378 g/mol. The smallest absolute Gasteiger partial charge is 0.262 e. The van der Waals surface area contributed by atoms with Crippen LogP contribution in [0, 0.1) is 18.7 Å². The lowest BCUT2D eigenvalue weighted by Gasteiger charge is -2.14. The third-order valence-corrected chi connectivity index (χ3v) is 5.54.